The summed E-state index contributed by atoms with van der Waals surface area (Å²) in [4.78, 5) is 0. The Morgan fingerprint density at radius 2 is 1.29 bits per heavy atom. The van der Waals surface area contributed by atoms with Gasteiger partial charge in [0.1, 0.15) is 5.82 Å². The van der Waals surface area contributed by atoms with E-state index in [1.807, 2.05) is 36.8 Å². The van der Waals surface area contributed by atoms with Crippen molar-refractivity contribution in [3.63, 3.8) is 0 Å². The van der Waals surface area contributed by atoms with Gasteiger partial charge in [0.15, 0.2) is 0 Å². The van der Waals surface area contributed by atoms with Gasteiger partial charge in [-0.2, -0.15) is 0 Å². The Hall–Kier alpha value is -1.76. The fourth-order valence-electron chi connectivity index (χ4n) is 1.30. The van der Waals surface area contributed by atoms with Gasteiger partial charge in [0, 0.05) is 42.8 Å². The van der Waals surface area contributed by atoms with Gasteiger partial charge >= 0.3 is 0 Å². The summed E-state index contributed by atoms with van der Waals surface area (Å²) in [5.74, 6) is -0.199. The SMILES string of the molecule is Fc1ccc([CH+]c2ccccc2)cc1. The molecule has 2 aromatic rings. The molecule has 0 unspecified atom stereocenters. The maximum atomic E-state index is 12.6. The van der Waals surface area contributed by atoms with Crippen molar-refractivity contribution >= 4 is 0 Å². The quantitative estimate of drug-likeness (QED) is 0.629. The Morgan fingerprint density at radius 1 is 0.714 bits per heavy atom. The van der Waals surface area contributed by atoms with Gasteiger partial charge in [0.05, 0.1) is 11.1 Å². The van der Waals surface area contributed by atoms with Crippen molar-refractivity contribution < 1.29 is 4.39 Å². The van der Waals surface area contributed by atoms with Crippen LogP contribution in [0.4, 0.5) is 4.39 Å². The first-order valence-electron chi connectivity index (χ1n) is 4.50. The van der Waals surface area contributed by atoms with Crippen LogP contribution >= 0.6 is 0 Å². The Balaban J connectivity index is 2.16. The van der Waals surface area contributed by atoms with E-state index in [2.05, 4.69) is 0 Å². The average molecular weight is 185 g/mol. The van der Waals surface area contributed by atoms with Crippen molar-refractivity contribution in [1.29, 1.82) is 0 Å². The largest absolute Gasteiger partial charge is 0.205 e. The first-order valence-corrected chi connectivity index (χ1v) is 4.50. The van der Waals surface area contributed by atoms with Crippen LogP contribution in [0.15, 0.2) is 54.6 Å². The highest BCUT2D eigenvalue weighted by Crippen LogP contribution is 2.11. The van der Waals surface area contributed by atoms with Crippen molar-refractivity contribution in [1.82, 2.24) is 0 Å². The smallest absolute Gasteiger partial charge is 0.138 e. The lowest BCUT2D eigenvalue weighted by molar-refractivity contribution is 0.627. The van der Waals surface area contributed by atoms with E-state index in [0.29, 0.717) is 0 Å². The molecule has 0 fully saturated rings. The molecular weight excluding hydrogens is 175 g/mol. The lowest BCUT2D eigenvalue weighted by Crippen LogP contribution is -1.84. The van der Waals surface area contributed by atoms with Gasteiger partial charge in [-0.3, -0.25) is 0 Å². The van der Waals surface area contributed by atoms with Crippen LogP contribution in [0.1, 0.15) is 11.1 Å². The summed E-state index contributed by atoms with van der Waals surface area (Å²) in [5, 5.41) is 0. The molecule has 0 atom stereocenters. The third-order valence-corrected chi connectivity index (χ3v) is 2.00. The number of halogens is 1. The molecule has 0 nitrogen and oxygen atoms in total. The first kappa shape index (κ1) is 8.82. The number of hydrogen-bond donors (Lipinski definition) is 0. The third kappa shape index (κ3) is 2.13. The molecule has 0 aliphatic heterocycles. The molecule has 0 saturated carbocycles. The Labute approximate surface area is 83.0 Å². The van der Waals surface area contributed by atoms with Crippen molar-refractivity contribution in [3.8, 4) is 0 Å². The summed E-state index contributed by atoms with van der Waals surface area (Å²) >= 11 is 0. The predicted molar refractivity (Wildman–Crippen MR) is 55.3 cm³/mol. The van der Waals surface area contributed by atoms with Gasteiger partial charge in [0.2, 0.25) is 0 Å². The lowest BCUT2D eigenvalue weighted by Gasteiger charge is -1.93. The summed E-state index contributed by atoms with van der Waals surface area (Å²) in [6.45, 7) is 0. The molecule has 0 N–H and O–H groups in total. The molecule has 14 heavy (non-hydrogen) atoms. The molecule has 0 bridgehead atoms. The predicted octanol–water partition coefficient (Wildman–Crippen LogP) is 3.43. The van der Waals surface area contributed by atoms with Crippen LogP contribution in [0.3, 0.4) is 0 Å². The zero-order valence-corrected chi connectivity index (χ0v) is 7.65. The molecule has 0 aliphatic rings. The van der Waals surface area contributed by atoms with Crippen LogP contribution in [-0.2, 0) is 0 Å². The van der Waals surface area contributed by atoms with Gasteiger partial charge in [-0.25, -0.2) is 4.39 Å². The summed E-state index contributed by atoms with van der Waals surface area (Å²) in [6.07, 6.45) is 2.01. The van der Waals surface area contributed by atoms with E-state index < -0.39 is 0 Å². The lowest BCUT2D eigenvalue weighted by atomic mass is 10.1. The fourth-order valence-corrected chi connectivity index (χ4v) is 1.30. The van der Waals surface area contributed by atoms with E-state index in [1.54, 1.807) is 12.1 Å². The summed E-state index contributed by atoms with van der Waals surface area (Å²) in [7, 11) is 0. The van der Waals surface area contributed by atoms with Gasteiger partial charge in [-0.1, -0.05) is 0 Å². The number of benzene rings is 2. The summed E-state index contributed by atoms with van der Waals surface area (Å²) in [5.41, 5.74) is 2.14. The molecule has 0 spiro atoms. The third-order valence-electron chi connectivity index (χ3n) is 2.00. The minimum atomic E-state index is -0.199. The Kier molecular flexibility index (Phi) is 2.50. The molecule has 0 saturated heterocycles. The van der Waals surface area contributed by atoms with E-state index in [9.17, 15) is 4.39 Å². The summed E-state index contributed by atoms with van der Waals surface area (Å²) in [6, 6.07) is 16.4. The van der Waals surface area contributed by atoms with E-state index >= 15 is 0 Å². The second kappa shape index (κ2) is 3.97. The van der Waals surface area contributed by atoms with E-state index in [0.717, 1.165) is 11.1 Å². The topological polar surface area (TPSA) is 0 Å². The standard InChI is InChI=1S/C13H10F/c14-13-8-6-12(7-9-13)10-11-4-2-1-3-5-11/h1-10H/q+1. The molecule has 68 valence electrons. The zero-order chi connectivity index (χ0) is 9.80. The highest BCUT2D eigenvalue weighted by Gasteiger charge is 2.02. The minimum absolute atomic E-state index is 0.199. The molecule has 0 amide bonds. The van der Waals surface area contributed by atoms with Gasteiger partial charge < -0.3 is 0 Å². The molecular formula is C13H10F+. The van der Waals surface area contributed by atoms with Crippen LogP contribution < -0.4 is 0 Å². The highest BCUT2D eigenvalue weighted by atomic mass is 19.1. The molecule has 2 aromatic carbocycles. The second-order valence-electron chi connectivity index (χ2n) is 3.11. The van der Waals surface area contributed by atoms with Crippen LogP contribution in [0.5, 0.6) is 0 Å². The molecule has 2 rings (SSSR count). The van der Waals surface area contributed by atoms with Crippen molar-refractivity contribution in [2.24, 2.45) is 0 Å². The second-order valence-corrected chi connectivity index (χ2v) is 3.11. The van der Waals surface area contributed by atoms with E-state index in [1.165, 1.54) is 12.1 Å². The van der Waals surface area contributed by atoms with E-state index in [-0.39, 0.29) is 5.82 Å². The Bertz CT molecular complexity index is 389. The van der Waals surface area contributed by atoms with E-state index in [4.69, 9.17) is 0 Å². The van der Waals surface area contributed by atoms with Crippen molar-refractivity contribution in [3.05, 3.63) is 78.0 Å². The zero-order valence-electron chi connectivity index (χ0n) is 7.65. The Morgan fingerprint density at radius 3 is 1.93 bits per heavy atom. The summed E-state index contributed by atoms with van der Waals surface area (Å²) < 4.78 is 12.6. The van der Waals surface area contributed by atoms with Crippen LogP contribution in [0, 0.1) is 12.2 Å². The molecule has 1 heteroatoms. The number of hydrogen-bond acceptors (Lipinski definition) is 0. The average Bonchev–Trinajstić information content (AvgIpc) is 2.23. The molecule has 0 heterocycles. The maximum Gasteiger partial charge on any atom is 0.138 e. The van der Waals surface area contributed by atoms with Gasteiger partial charge in [-0.15, -0.1) is 0 Å². The molecule has 0 radical (unpaired) electrons. The van der Waals surface area contributed by atoms with Crippen molar-refractivity contribution in [2.75, 3.05) is 0 Å². The van der Waals surface area contributed by atoms with Crippen LogP contribution in [-0.4, -0.2) is 0 Å². The number of rotatable bonds is 2. The highest BCUT2D eigenvalue weighted by molar-refractivity contribution is 5.36. The molecule has 0 aliphatic carbocycles. The van der Waals surface area contributed by atoms with Gasteiger partial charge in [0.25, 0.3) is 0 Å². The first-order chi connectivity index (χ1) is 6.84. The minimum Gasteiger partial charge on any atom is -0.205 e. The van der Waals surface area contributed by atoms with Crippen LogP contribution in [0.2, 0.25) is 0 Å². The molecule has 0 aromatic heterocycles. The van der Waals surface area contributed by atoms with Crippen LogP contribution in [0.25, 0.3) is 0 Å². The normalized spacial score (nSPS) is 9.79. The van der Waals surface area contributed by atoms with Gasteiger partial charge in [-0.05, 0) is 18.2 Å². The van der Waals surface area contributed by atoms with Crippen molar-refractivity contribution in [2.45, 2.75) is 0 Å². The fraction of sp³-hybridized carbons (Fsp3) is 0. The monoisotopic (exact) mass is 185 g/mol. The maximum absolute atomic E-state index is 12.6.